The van der Waals surface area contributed by atoms with Gasteiger partial charge in [-0.2, -0.15) is 0 Å². The average molecular weight is 349 g/mol. The summed E-state index contributed by atoms with van der Waals surface area (Å²) < 4.78 is 0. The quantitative estimate of drug-likeness (QED) is 0.874. The van der Waals surface area contributed by atoms with Crippen LogP contribution in [0.15, 0.2) is 24.3 Å². The van der Waals surface area contributed by atoms with E-state index in [1.807, 2.05) is 24.0 Å². The lowest BCUT2D eigenvalue weighted by Gasteiger charge is -2.19. The minimum absolute atomic E-state index is 0.106. The predicted molar refractivity (Wildman–Crippen MR) is 101 cm³/mol. The normalized spacial score (nSPS) is 19.1. The maximum atomic E-state index is 12.6. The summed E-state index contributed by atoms with van der Waals surface area (Å²) in [6.45, 7) is 1.97. The van der Waals surface area contributed by atoms with Crippen LogP contribution in [0.4, 0.5) is 5.69 Å². The van der Waals surface area contributed by atoms with Gasteiger partial charge in [0.1, 0.15) is 11.5 Å². The number of rotatable bonds is 4. The molecule has 0 atom stereocenters. The monoisotopic (exact) mass is 349 g/mol. The molecule has 3 aliphatic rings. The molecular weight excluding hydrogens is 326 g/mol. The van der Waals surface area contributed by atoms with Crippen LogP contribution in [0.1, 0.15) is 42.4 Å². The van der Waals surface area contributed by atoms with Crippen molar-refractivity contribution >= 4 is 11.6 Å². The van der Waals surface area contributed by atoms with E-state index in [2.05, 4.69) is 0 Å². The van der Waals surface area contributed by atoms with Crippen molar-refractivity contribution in [1.29, 1.82) is 0 Å². The lowest BCUT2D eigenvalue weighted by molar-refractivity contribution is -0.117. The van der Waals surface area contributed by atoms with E-state index in [0.717, 1.165) is 47.2 Å². The van der Waals surface area contributed by atoms with Crippen LogP contribution in [0.5, 0.6) is 11.5 Å². The van der Waals surface area contributed by atoms with Crippen LogP contribution in [-0.4, -0.2) is 22.2 Å². The molecule has 0 bridgehead atoms. The topological polar surface area (TPSA) is 60.8 Å². The third kappa shape index (κ3) is 2.47. The summed E-state index contributed by atoms with van der Waals surface area (Å²) in [5.41, 5.74) is 5.10. The Hall–Kier alpha value is -2.49. The second kappa shape index (κ2) is 5.50. The number of fused-ring (bicyclic) bond motifs is 1. The first-order valence-corrected chi connectivity index (χ1v) is 9.52. The highest BCUT2D eigenvalue weighted by atomic mass is 16.3. The highest BCUT2D eigenvalue weighted by molar-refractivity contribution is 6.05. The van der Waals surface area contributed by atoms with Crippen molar-refractivity contribution < 1.29 is 15.0 Å². The van der Waals surface area contributed by atoms with E-state index in [1.165, 1.54) is 12.8 Å². The van der Waals surface area contributed by atoms with E-state index >= 15 is 0 Å². The van der Waals surface area contributed by atoms with Crippen LogP contribution in [0, 0.1) is 12.8 Å². The molecule has 134 valence electrons. The molecule has 0 unspecified atom stereocenters. The number of carbonyl (C=O) groups excluding carboxylic acids is 1. The highest BCUT2D eigenvalue weighted by Gasteiger charge is 2.40. The van der Waals surface area contributed by atoms with Crippen molar-refractivity contribution in [3.05, 3.63) is 41.0 Å². The van der Waals surface area contributed by atoms with Crippen molar-refractivity contribution in [1.82, 2.24) is 0 Å². The first-order valence-electron chi connectivity index (χ1n) is 9.52. The Bertz CT molecular complexity index is 902. The first-order chi connectivity index (χ1) is 12.5. The summed E-state index contributed by atoms with van der Waals surface area (Å²) >= 11 is 0. The van der Waals surface area contributed by atoms with Crippen molar-refractivity contribution in [2.75, 3.05) is 4.90 Å². The van der Waals surface area contributed by atoms with Gasteiger partial charge in [0, 0.05) is 11.7 Å². The SMILES string of the molecule is Cc1ccc2c(c1-c1c(O)cc(CC3CC3)cc1O)CC(=O)N2C1CC1. The van der Waals surface area contributed by atoms with Crippen LogP contribution in [0.2, 0.25) is 0 Å². The number of amides is 1. The van der Waals surface area contributed by atoms with Gasteiger partial charge in [-0.1, -0.05) is 6.07 Å². The standard InChI is InChI=1S/C22H23NO3/c1-12-2-7-17-16(11-20(26)23(17)15-5-6-15)21(12)22-18(24)9-14(10-19(22)25)8-13-3-4-13/h2,7,9-10,13,15,24-25H,3-6,8,11H2,1H3. The number of anilines is 1. The Morgan fingerprint density at radius 1 is 1.04 bits per heavy atom. The third-order valence-corrected chi connectivity index (χ3v) is 5.89. The number of hydrogen-bond acceptors (Lipinski definition) is 3. The van der Waals surface area contributed by atoms with Gasteiger partial charge in [-0.25, -0.2) is 0 Å². The van der Waals surface area contributed by atoms with Gasteiger partial charge >= 0.3 is 0 Å². The molecule has 2 fully saturated rings. The van der Waals surface area contributed by atoms with E-state index in [0.29, 0.717) is 23.9 Å². The van der Waals surface area contributed by atoms with Gasteiger partial charge < -0.3 is 15.1 Å². The third-order valence-electron chi connectivity index (χ3n) is 5.89. The Morgan fingerprint density at radius 3 is 2.35 bits per heavy atom. The van der Waals surface area contributed by atoms with E-state index in [1.54, 1.807) is 12.1 Å². The lowest BCUT2D eigenvalue weighted by atomic mass is 9.91. The summed E-state index contributed by atoms with van der Waals surface area (Å²) in [4.78, 5) is 14.5. The fraction of sp³-hybridized carbons (Fsp3) is 0.409. The minimum Gasteiger partial charge on any atom is -0.507 e. The molecule has 5 rings (SSSR count). The number of nitrogens with zero attached hydrogens (tertiary/aromatic N) is 1. The van der Waals surface area contributed by atoms with Crippen molar-refractivity contribution in [3.63, 3.8) is 0 Å². The summed E-state index contributed by atoms with van der Waals surface area (Å²) in [6.07, 6.45) is 5.82. The number of phenolic OH excluding ortho intramolecular Hbond substituents is 2. The molecule has 2 aromatic rings. The van der Waals surface area contributed by atoms with Gasteiger partial charge in [-0.05, 0) is 85.4 Å². The zero-order valence-corrected chi connectivity index (χ0v) is 15.0. The zero-order valence-electron chi connectivity index (χ0n) is 15.0. The summed E-state index contributed by atoms with van der Waals surface area (Å²) in [7, 11) is 0. The number of hydrogen-bond donors (Lipinski definition) is 2. The Labute approximate surface area is 153 Å². The molecule has 4 nitrogen and oxygen atoms in total. The maximum Gasteiger partial charge on any atom is 0.231 e. The molecule has 1 heterocycles. The molecule has 0 radical (unpaired) electrons. The van der Waals surface area contributed by atoms with E-state index in [9.17, 15) is 15.0 Å². The number of phenols is 2. The van der Waals surface area contributed by atoms with Crippen LogP contribution < -0.4 is 4.90 Å². The van der Waals surface area contributed by atoms with E-state index < -0.39 is 0 Å². The zero-order chi connectivity index (χ0) is 18.0. The van der Waals surface area contributed by atoms with Crippen LogP contribution >= 0.6 is 0 Å². The predicted octanol–water partition coefficient (Wildman–Crippen LogP) is 4.08. The fourth-order valence-electron chi connectivity index (χ4n) is 4.31. The molecule has 0 saturated heterocycles. The van der Waals surface area contributed by atoms with Gasteiger partial charge in [0.05, 0.1) is 12.0 Å². The molecule has 1 amide bonds. The highest BCUT2D eigenvalue weighted by Crippen LogP contribution is 2.48. The molecule has 0 aromatic heterocycles. The van der Waals surface area contributed by atoms with Gasteiger partial charge in [-0.3, -0.25) is 4.79 Å². The Kier molecular flexibility index (Phi) is 3.33. The van der Waals surface area contributed by atoms with Crippen molar-refractivity contribution in [3.8, 4) is 22.6 Å². The number of aromatic hydroxyl groups is 2. The molecule has 4 heteroatoms. The first kappa shape index (κ1) is 15.7. The van der Waals surface area contributed by atoms with Gasteiger partial charge in [0.25, 0.3) is 0 Å². The van der Waals surface area contributed by atoms with Gasteiger partial charge in [0.2, 0.25) is 5.91 Å². The van der Waals surface area contributed by atoms with E-state index in [4.69, 9.17) is 0 Å². The number of aryl methyl sites for hydroxylation is 1. The molecule has 2 aliphatic carbocycles. The second-order valence-corrected chi connectivity index (χ2v) is 8.08. The van der Waals surface area contributed by atoms with Gasteiger partial charge in [0.15, 0.2) is 0 Å². The number of carbonyl (C=O) groups is 1. The minimum atomic E-state index is 0.106. The van der Waals surface area contributed by atoms with Crippen molar-refractivity contribution in [2.24, 2.45) is 5.92 Å². The lowest BCUT2D eigenvalue weighted by Crippen LogP contribution is -2.28. The Morgan fingerprint density at radius 2 is 1.73 bits per heavy atom. The van der Waals surface area contributed by atoms with E-state index in [-0.39, 0.29) is 17.4 Å². The van der Waals surface area contributed by atoms with Crippen LogP contribution in [0.25, 0.3) is 11.1 Å². The molecule has 1 aliphatic heterocycles. The summed E-state index contributed by atoms with van der Waals surface area (Å²) in [5.74, 6) is 1.02. The fourth-order valence-corrected chi connectivity index (χ4v) is 4.31. The molecule has 2 aromatic carbocycles. The molecule has 26 heavy (non-hydrogen) atoms. The summed E-state index contributed by atoms with van der Waals surface area (Å²) in [5, 5.41) is 21.4. The smallest absolute Gasteiger partial charge is 0.231 e. The molecule has 2 saturated carbocycles. The largest absolute Gasteiger partial charge is 0.507 e. The Balaban J connectivity index is 1.64. The number of benzene rings is 2. The van der Waals surface area contributed by atoms with Gasteiger partial charge in [-0.15, -0.1) is 0 Å². The van der Waals surface area contributed by atoms with Crippen LogP contribution in [0.3, 0.4) is 0 Å². The average Bonchev–Trinajstić information content (AvgIpc) is 3.49. The maximum absolute atomic E-state index is 12.6. The second-order valence-electron chi connectivity index (χ2n) is 8.08. The molecule has 2 N–H and O–H groups in total. The van der Waals surface area contributed by atoms with Crippen LogP contribution in [-0.2, 0) is 17.6 Å². The molecular formula is C22H23NO3. The molecule has 0 spiro atoms. The summed E-state index contributed by atoms with van der Waals surface area (Å²) in [6, 6.07) is 7.87. The van der Waals surface area contributed by atoms with Crippen molar-refractivity contribution in [2.45, 2.75) is 51.5 Å².